The van der Waals surface area contributed by atoms with Crippen LogP contribution in [0.5, 0.6) is 5.75 Å². The number of unbranched alkanes of at least 4 members (excludes halogenated alkanes) is 1. The molecule has 0 radical (unpaired) electrons. The van der Waals surface area contributed by atoms with Crippen molar-refractivity contribution in [1.82, 2.24) is 0 Å². The molecule has 0 heterocycles. The predicted molar refractivity (Wildman–Crippen MR) is 116 cm³/mol. The van der Waals surface area contributed by atoms with Crippen LogP contribution in [0.1, 0.15) is 60.3 Å². The van der Waals surface area contributed by atoms with E-state index in [1.54, 1.807) is 0 Å². The zero-order valence-electron chi connectivity index (χ0n) is 17.5. The molecule has 2 aromatic carbocycles. The van der Waals surface area contributed by atoms with Crippen LogP contribution in [0.15, 0.2) is 36.4 Å². The molecule has 0 unspecified atom stereocenters. The zero-order chi connectivity index (χ0) is 20.6. The van der Waals surface area contributed by atoms with Gasteiger partial charge in [0.2, 0.25) is 0 Å². The molecule has 0 amide bonds. The van der Waals surface area contributed by atoms with Gasteiger partial charge in [-0.15, -0.1) is 0 Å². The Morgan fingerprint density at radius 3 is 2.79 bits per heavy atom. The first-order chi connectivity index (χ1) is 14.1. The summed E-state index contributed by atoms with van der Waals surface area (Å²) < 4.78 is 18.7. The average molecular weight is 400 g/mol. The highest BCUT2D eigenvalue weighted by Crippen LogP contribution is 2.32. The van der Waals surface area contributed by atoms with Crippen LogP contribution in [-0.4, -0.2) is 25.4 Å². The molecule has 0 bridgehead atoms. The van der Waals surface area contributed by atoms with Crippen molar-refractivity contribution >= 4 is 0 Å². The maximum Gasteiger partial charge on any atom is 0.165 e. The van der Waals surface area contributed by atoms with E-state index in [4.69, 9.17) is 15.6 Å². The van der Waals surface area contributed by atoms with E-state index in [2.05, 4.69) is 18.2 Å². The number of nitrogens with two attached hydrogens (primary N) is 1. The van der Waals surface area contributed by atoms with E-state index >= 15 is 0 Å². The van der Waals surface area contributed by atoms with E-state index < -0.39 is 0 Å². The molecule has 1 aliphatic carbocycles. The third-order valence-corrected chi connectivity index (χ3v) is 6.33. The Balaban J connectivity index is 1.58. The lowest BCUT2D eigenvalue weighted by atomic mass is 9.79. The number of aliphatic hydroxyl groups excluding tert-OH is 1. The Hall–Kier alpha value is -1.91. The van der Waals surface area contributed by atoms with Gasteiger partial charge in [-0.25, -0.2) is 4.39 Å². The first-order valence-corrected chi connectivity index (χ1v) is 10.9. The maximum atomic E-state index is 13.6. The van der Waals surface area contributed by atoms with Crippen molar-refractivity contribution < 1.29 is 14.2 Å². The minimum absolute atomic E-state index is 0.258. The molecule has 0 aliphatic heterocycles. The Morgan fingerprint density at radius 1 is 1.17 bits per heavy atom. The van der Waals surface area contributed by atoms with E-state index in [0.29, 0.717) is 24.1 Å². The molecule has 1 aliphatic rings. The maximum absolute atomic E-state index is 13.6. The summed E-state index contributed by atoms with van der Waals surface area (Å²) in [5.74, 6) is 1.08. The van der Waals surface area contributed by atoms with Crippen LogP contribution in [0.4, 0.5) is 4.39 Å². The van der Waals surface area contributed by atoms with Gasteiger partial charge in [-0.3, -0.25) is 0 Å². The summed E-state index contributed by atoms with van der Waals surface area (Å²) in [6, 6.07) is 12.1. The molecule has 2 atom stereocenters. The summed E-state index contributed by atoms with van der Waals surface area (Å²) in [6.45, 7) is 0.918. The van der Waals surface area contributed by atoms with E-state index in [1.165, 1.54) is 36.3 Å². The van der Waals surface area contributed by atoms with Crippen molar-refractivity contribution in [2.24, 2.45) is 11.7 Å². The van der Waals surface area contributed by atoms with E-state index in [-0.39, 0.29) is 12.4 Å². The van der Waals surface area contributed by atoms with Crippen molar-refractivity contribution in [3.05, 3.63) is 64.5 Å². The first-order valence-electron chi connectivity index (χ1n) is 10.9. The number of fused-ring (bicyclic) bond motifs is 1. The van der Waals surface area contributed by atoms with Crippen molar-refractivity contribution in [2.45, 2.75) is 57.3 Å². The number of hydrogen-bond acceptors (Lipinski definition) is 3. The lowest BCUT2D eigenvalue weighted by Crippen LogP contribution is -2.17. The van der Waals surface area contributed by atoms with Gasteiger partial charge in [0.05, 0.1) is 7.11 Å². The Labute approximate surface area is 174 Å². The number of benzene rings is 2. The van der Waals surface area contributed by atoms with Gasteiger partial charge in [-0.05, 0) is 97.7 Å². The number of ether oxygens (including phenoxy) is 1. The highest BCUT2D eigenvalue weighted by Gasteiger charge is 2.20. The largest absolute Gasteiger partial charge is 0.494 e. The van der Waals surface area contributed by atoms with Crippen LogP contribution in [0.3, 0.4) is 0 Å². The van der Waals surface area contributed by atoms with Crippen LogP contribution in [0.2, 0.25) is 0 Å². The zero-order valence-corrected chi connectivity index (χ0v) is 17.5. The van der Waals surface area contributed by atoms with Crippen LogP contribution in [-0.2, 0) is 19.3 Å². The fraction of sp³-hybridized carbons (Fsp3) is 0.520. The standard InChI is InChI=1S/C25H34FNO2/c1-29-25-15-19(8-12-24(25)26)6-5-18-7-9-21-16-22(11-10-20(21)14-18)23(17-27)4-2-3-13-28/h8,10-12,15-16,18,23,28H,2-7,9,13-14,17,27H2,1H3/t18-,23+/m1/s1. The molecule has 158 valence electrons. The lowest BCUT2D eigenvalue weighted by molar-refractivity contribution is 0.281. The molecule has 3 N–H and O–H groups in total. The number of rotatable bonds is 10. The van der Waals surface area contributed by atoms with Crippen molar-refractivity contribution in [1.29, 1.82) is 0 Å². The SMILES string of the molecule is COc1cc(CC[C@@H]2CCc3cc([C@H](CN)CCCCO)ccc3C2)ccc1F. The van der Waals surface area contributed by atoms with Gasteiger partial charge in [0.15, 0.2) is 11.6 Å². The van der Waals surface area contributed by atoms with E-state index in [9.17, 15) is 4.39 Å². The molecule has 3 nitrogen and oxygen atoms in total. The number of hydrogen-bond donors (Lipinski definition) is 2. The minimum atomic E-state index is -0.300. The highest BCUT2D eigenvalue weighted by atomic mass is 19.1. The second-order valence-electron chi connectivity index (χ2n) is 8.30. The second kappa shape index (κ2) is 10.7. The Kier molecular flexibility index (Phi) is 8.08. The minimum Gasteiger partial charge on any atom is -0.494 e. The second-order valence-corrected chi connectivity index (χ2v) is 8.30. The van der Waals surface area contributed by atoms with Crippen molar-refractivity contribution in [3.63, 3.8) is 0 Å². The molecule has 3 rings (SSSR count). The molecule has 0 saturated carbocycles. The van der Waals surface area contributed by atoms with Crippen LogP contribution in [0, 0.1) is 11.7 Å². The highest BCUT2D eigenvalue weighted by molar-refractivity contribution is 5.36. The average Bonchev–Trinajstić information content (AvgIpc) is 2.76. The molecule has 0 spiro atoms. The predicted octanol–water partition coefficient (Wildman–Crippen LogP) is 4.78. The molecule has 4 heteroatoms. The topological polar surface area (TPSA) is 55.5 Å². The molecule has 0 fully saturated rings. The summed E-state index contributed by atoms with van der Waals surface area (Å²) in [5.41, 5.74) is 11.4. The van der Waals surface area contributed by atoms with Crippen molar-refractivity contribution in [2.75, 3.05) is 20.3 Å². The third kappa shape index (κ3) is 5.80. The summed E-state index contributed by atoms with van der Waals surface area (Å²) in [6.07, 6.45) is 8.42. The van der Waals surface area contributed by atoms with E-state index in [1.807, 2.05) is 12.1 Å². The normalized spacial score (nSPS) is 17.0. The number of methoxy groups -OCH3 is 1. The quantitative estimate of drug-likeness (QED) is 0.566. The van der Waals surface area contributed by atoms with Crippen LogP contribution < -0.4 is 10.5 Å². The van der Waals surface area contributed by atoms with E-state index in [0.717, 1.165) is 50.5 Å². The smallest absolute Gasteiger partial charge is 0.165 e. The number of aliphatic hydroxyl groups is 1. The van der Waals surface area contributed by atoms with Crippen LogP contribution >= 0.6 is 0 Å². The fourth-order valence-electron chi connectivity index (χ4n) is 4.50. The van der Waals surface area contributed by atoms with Gasteiger partial charge in [0, 0.05) is 6.61 Å². The van der Waals surface area contributed by atoms with Crippen molar-refractivity contribution in [3.8, 4) is 5.75 Å². The fourth-order valence-corrected chi connectivity index (χ4v) is 4.50. The Bertz CT molecular complexity index is 792. The van der Waals surface area contributed by atoms with Crippen LogP contribution in [0.25, 0.3) is 0 Å². The third-order valence-electron chi connectivity index (χ3n) is 6.33. The summed E-state index contributed by atoms with van der Waals surface area (Å²) >= 11 is 0. The molecule has 29 heavy (non-hydrogen) atoms. The molecule has 2 aromatic rings. The molecule has 0 aromatic heterocycles. The molecular formula is C25H34FNO2. The first kappa shape index (κ1) is 21.8. The summed E-state index contributed by atoms with van der Waals surface area (Å²) in [5, 5.41) is 9.01. The molecule has 0 saturated heterocycles. The van der Waals surface area contributed by atoms with Gasteiger partial charge in [0.1, 0.15) is 0 Å². The molecular weight excluding hydrogens is 365 g/mol. The monoisotopic (exact) mass is 399 g/mol. The lowest BCUT2D eigenvalue weighted by Gasteiger charge is -2.26. The Morgan fingerprint density at radius 2 is 2.03 bits per heavy atom. The summed E-state index contributed by atoms with van der Waals surface area (Å²) in [4.78, 5) is 0. The van der Waals surface area contributed by atoms with Gasteiger partial charge < -0.3 is 15.6 Å². The number of aryl methyl sites for hydroxylation is 2. The van der Waals surface area contributed by atoms with Gasteiger partial charge in [-0.1, -0.05) is 30.7 Å². The van der Waals surface area contributed by atoms with Gasteiger partial charge in [-0.2, -0.15) is 0 Å². The van der Waals surface area contributed by atoms with Gasteiger partial charge >= 0.3 is 0 Å². The number of halogens is 1. The van der Waals surface area contributed by atoms with Gasteiger partial charge in [0.25, 0.3) is 0 Å². The summed E-state index contributed by atoms with van der Waals surface area (Å²) in [7, 11) is 1.51.